The van der Waals surface area contributed by atoms with E-state index in [4.69, 9.17) is 19.6 Å². The molecule has 210 valence electrons. The van der Waals surface area contributed by atoms with Crippen LogP contribution in [0.2, 0.25) is 0 Å². The minimum atomic E-state index is -0.834. The van der Waals surface area contributed by atoms with Crippen LogP contribution in [0.15, 0.2) is 78.8 Å². The number of fused-ring (bicyclic) bond motifs is 1. The van der Waals surface area contributed by atoms with Crippen molar-refractivity contribution in [1.29, 1.82) is 5.41 Å². The third-order valence-corrected chi connectivity index (χ3v) is 5.82. The first-order valence-corrected chi connectivity index (χ1v) is 12.5. The van der Waals surface area contributed by atoms with Crippen LogP contribution in [0, 0.1) is 11.2 Å². The van der Waals surface area contributed by atoms with Crippen LogP contribution in [0.1, 0.15) is 19.4 Å². The number of rotatable bonds is 11. The van der Waals surface area contributed by atoms with Crippen molar-refractivity contribution in [1.82, 2.24) is 15.3 Å². The van der Waals surface area contributed by atoms with Gasteiger partial charge in [0.2, 0.25) is 5.78 Å². The molecule has 0 saturated heterocycles. The predicted octanol–water partition coefficient (Wildman–Crippen LogP) is 5.04. The van der Waals surface area contributed by atoms with Gasteiger partial charge in [-0.05, 0) is 62.4 Å². The maximum Gasteiger partial charge on any atom is 0.262 e. The fourth-order valence-corrected chi connectivity index (χ4v) is 3.73. The summed E-state index contributed by atoms with van der Waals surface area (Å²) in [6.45, 7) is 3.67. The summed E-state index contributed by atoms with van der Waals surface area (Å²) < 4.78 is 30.1. The highest BCUT2D eigenvalue weighted by Crippen LogP contribution is 2.36. The molecule has 0 aliphatic carbocycles. The van der Waals surface area contributed by atoms with Gasteiger partial charge in [-0.15, -0.1) is 0 Å². The molecule has 0 radical (unpaired) electrons. The predicted molar refractivity (Wildman–Crippen MR) is 152 cm³/mol. The average molecular weight is 558 g/mol. The number of anilines is 1. The van der Waals surface area contributed by atoms with Gasteiger partial charge in [-0.1, -0.05) is 0 Å². The summed E-state index contributed by atoms with van der Waals surface area (Å²) in [6.07, 6.45) is 4.28. The zero-order valence-electron chi connectivity index (χ0n) is 22.8. The number of aromatic nitrogens is 2. The van der Waals surface area contributed by atoms with E-state index in [9.17, 15) is 14.0 Å². The van der Waals surface area contributed by atoms with E-state index in [1.165, 1.54) is 37.7 Å². The van der Waals surface area contributed by atoms with Gasteiger partial charge in [-0.3, -0.25) is 20.0 Å². The fraction of sp³-hybridized carbons (Fsp3) is 0.167. The van der Waals surface area contributed by atoms with Crippen molar-refractivity contribution >= 4 is 34.1 Å². The molecule has 4 aromatic rings. The minimum Gasteiger partial charge on any atom is -0.493 e. The second-order valence-electron chi connectivity index (χ2n) is 9.06. The first-order valence-electron chi connectivity index (χ1n) is 12.5. The van der Waals surface area contributed by atoms with Crippen LogP contribution in [0.4, 0.5) is 10.2 Å². The molecule has 0 atom stereocenters. The number of benzene rings is 2. The van der Waals surface area contributed by atoms with Crippen molar-refractivity contribution in [3.63, 3.8) is 0 Å². The van der Waals surface area contributed by atoms with Gasteiger partial charge < -0.3 is 24.8 Å². The molecular formula is C30H28FN5O5. The van der Waals surface area contributed by atoms with E-state index in [0.29, 0.717) is 33.9 Å². The van der Waals surface area contributed by atoms with E-state index in [0.717, 1.165) is 12.1 Å². The van der Waals surface area contributed by atoms with Crippen LogP contribution < -0.4 is 24.8 Å². The van der Waals surface area contributed by atoms with Gasteiger partial charge in [-0.2, -0.15) is 0 Å². The molecular weight excluding hydrogens is 529 g/mol. The number of nitrogens with one attached hydrogen (secondary N) is 3. The lowest BCUT2D eigenvalue weighted by Gasteiger charge is -2.13. The number of carbonyl (C=O) groups is 2. The Morgan fingerprint density at radius 2 is 1.66 bits per heavy atom. The van der Waals surface area contributed by atoms with Crippen LogP contribution in [-0.2, 0) is 9.59 Å². The summed E-state index contributed by atoms with van der Waals surface area (Å²) in [5.41, 5.74) is 0.0661. The van der Waals surface area contributed by atoms with Crippen LogP contribution in [0.3, 0.4) is 0 Å². The van der Waals surface area contributed by atoms with Gasteiger partial charge in [0.25, 0.3) is 5.91 Å². The zero-order valence-corrected chi connectivity index (χ0v) is 22.8. The quantitative estimate of drug-likeness (QED) is 0.101. The molecule has 0 spiro atoms. The number of carbonyl (C=O) groups excluding carboxylic acids is 2. The molecule has 0 bridgehead atoms. The van der Waals surface area contributed by atoms with Gasteiger partial charge in [0.1, 0.15) is 34.4 Å². The van der Waals surface area contributed by atoms with E-state index in [-0.39, 0.29) is 23.0 Å². The first-order chi connectivity index (χ1) is 19.7. The highest BCUT2D eigenvalue weighted by atomic mass is 19.1. The van der Waals surface area contributed by atoms with Crippen molar-refractivity contribution in [2.24, 2.45) is 0 Å². The Morgan fingerprint density at radius 1 is 0.951 bits per heavy atom. The standard InChI is InChI=1S/C30H28FN5O5/c1-17(2)34-16-22(29(37)28(32)18-5-7-19(31)8-6-18)30(38)36-27-10-9-20(15-35-27)41-24-11-12-33-23-14-26(40-4)25(39-3)13-21(23)24/h5-17,32,34H,1-4H3,(H,35,36,38)/b22-16+,32-28?. The monoisotopic (exact) mass is 557 g/mol. The Hall–Kier alpha value is -5.32. The molecule has 2 aromatic heterocycles. The average Bonchev–Trinajstić information content (AvgIpc) is 2.97. The van der Waals surface area contributed by atoms with Gasteiger partial charge in [0.15, 0.2) is 11.5 Å². The first kappa shape index (κ1) is 28.7. The summed E-state index contributed by atoms with van der Waals surface area (Å²) in [6, 6.07) is 13.1. The van der Waals surface area contributed by atoms with E-state index in [1.54, 1.807) is 37.6 Å². The van der Waals surface area contributed by atoms with Crippen LogP contribution in [0.25, 0.3) is 10.9 Å². The van der Waals surface area contributed by atoms with Crippen LogP contribution in [0.5, 0.6) is 23.0 Å². The Labute approximate surface area is 235 Å². The normalized spacial score (nSPS) is 11.2. The van der Waals surface area contributed by atoms with Crippen molar-refractivity contribution in [3.05, 3.63) is 90.1 Å². The number of ketones is 1. The van der Waals surface area contributed by atoms with Gasteiger partial charge >= 0.3 is 0 Å². The molecule has 10 nitrogen and oxygen atoms in total. The molecule has 3 N–H and O–H groups in total. The molecule has 11 heteroatoms. The third kappa shape index (κ3) is 6.82. The third-order valence-electron chi connectivity index (χ3n) is 5.82. The lowest BCUT2D eigenvalue weighted by molar-refractivity contribution is -0.117. The smallest absolute Gasteiger partial charge is 0.262 e. The van der Waals surface area contributed by atoms with E-state index < -0.39 is 23.2 Å². The topological polar surface area (TPSA) is 136 Å². The Morgan fingerprint density at radius 3 is 2.29 bits per heavy atom. The van der Waals surface area contributed by atoms with Crippen molar-refractivity contribution in [2.45, 2.75) is 19.9 Å². The summed E-state index contributed by atoms with van der Waals surface area (Å²) >= 11 is 0. The molecule has 2 heterocycles. The number of ether oxygens (including phenoxy) is 3. The van der Waals surface area contributed by atoms with E-state index in [2.05, 4.69) is 20.6 Å². The summed E-state index contributed by atoms with van der Waals surface area (Å²) in [7, 11) is 3.08. The Kier molecular flexibility index (Phi) is 8.88. The maximum atomic E-state index is 13.3. The molecule has 0 aliphatic rings. The Balaban J connectivity index is 1.52. The zero-order chi connectivity index (χ0) is 29.5. The van der Waals surface area contributed by atoms with Crippen molar-refractivity contribution in [3.8, 4) is 23.0 Å². The van der Waals surface area contributed by atoms with Crippen molar-refractivity contribution in [2.75, 3.05) is 19.5 Å². The number of nitrogens with zero attached hydrogens (tertiary/aromatic N) is 2. The number of Topliss-reactive ketones (excluding diaryl/α,β-unsaturated/α-hetero) is 1. The number of hydrogen-bond donors (Lipinski definition) is 3. The summed E-state index contributed by atoms with van der Waals surface area (Å²) in [5.74, 6) is 0.00312. The molecule has 0 aliphatic heterocycles. The largest absolute Gasteiger partial charge is 0.493 e. The highest BCUT2D eigenvalue weighted by molar-refractivity contribution is 6.55. The number of hydrogen-bond acceptors (Lipinski definition) is 9. The molecule has 0 unspecified atom stereocenters. The highest BCUT2D eigenvalue weighted by Gasteiger charge is 2.24. The minimum absolute atomic E-state index is 0.0783. The Bertz CT molecular complexity index is 1620. The second-order valence-corrected chi connectivity index (χ2v) is 9.06. The number of methoxy groups -OCH3 is 2. The van der Waals surface area contributed by atoms with Gasteiger partial charge in [-0.25, -0.2) is 9.37 Å². The molecule has 0 saturated carbocycles. The van der Waals surface area contributed by atoms with Gasteiger partial charge in [0, 0.05) is 35.5 Å². The maximum absolute atomic E-state index is 13.3. The number of halogens is 1. The van der Waals surface area contributed by atoms with E-state index >= 15 is 0 Å². The van der Waals surface area contributed by atoms with Crippen molar-refractivity contribution < 1.29 is 28.2 Å². The number of pyridine rings is 2. The summed E-state index contributed by atoms with van der Waals surface area (Å²) in [5, 5.41) is 14.4. The number of amides is 1. The second kappa shape index (κ2) is 12.7. The molecule has 4 rings (SSSR count). The lowest BCUT2D eigenvalue weighted by atomic mass is 10.0. The molecule has 0 fully saturated rings. The lowest BCUT2D eigenvalue weighted by Crippen LogP contribution is -2.29. The fourth-order valence-electron chi connectivity index (χ4n) is 3.73. The van der Waals surface area contributed by atoms with Crippen LogP contribution >= 0.6 is 0 Å². The SMILES string of the molecule is COc1cc2nccc(Oc3ccc(NC(=O)/C(=C/NC(C)C)C(=O)C(=N)c4ccc(F)cc4)nc3)c2cc1OC. The van der Waals surface area contributed by atoms with Gasteiger partial charge in [0.05, 0.1) is 25.9 Å². The molecule has 1 amide bonds. The molecule has 41 heavy (non-hydrogen) atoms. The van der Waals surface area contributed by atoms with E-state index in [1.807, 2.05) is 13.8 Å². The van der Waals surface area contributed by atoms with Crippen LogP contribution in [-0.4, -0.2) is 47.6 Å². The summed E-state index contributed by atoms with van der Waals surface area (Å²) in [4.78, 5) is 34.8. The molecule has 2 aromatic carbocycles.